The Morgan fingerprint density at radius 3 is 2.07 bits per heavy atom. The van der Waals surface area contributed by atoms with E-state index in [2.05, 4.69) is 0 Å². The molecule has 0 aromatic heterocycles. The number of ether oxygens (including phenoxy) is 4. The van der Waals surface area contributed by atoms with Crippen LogP contribution in [0.5, 0.6) is 23.0 Å². The zero-order valence-electron chi connectivity index (χ0n) is 17.8. The Morgan fingerprint density at radius 2 is 1.50 bits per heavy atom. The third-order valence-electron chi connectivity index (χ3n) is 5.19. The van der Waals surface area contributed by atoms with E-state index in [4.69, 9.17) is 18.9 Å². The first-order valence-corrected chi connectivity index (χ1v) is 9.51. The summed E-state index contributed by atoms with van der Waals surface area (Å²) in [6.07, 6.45) is 0. The van der Waals surface area contributed by atoms with E-state index in [1.807, 2.05) is 0 Å². The Kier molecular flexibility index (Phi) is 6.34. The fourth-order valence-electron chi connectivity index (χ4n) is 3.49. The van der Waals surface area contributed by atoms with Crippen LogP contribution in [0.15, 0.2) is 36.4 Å². The maximum Gasteiger partial charge on any atom is 0.254 e. The number of rotatable bonds is 6. The molecule has 1 atom stereocenters. The van der Waals surface area contributed by atoms with Crippen molar-refractivity contribution in [1.29, 1.82) is 0 Å². The molecule has 0 unspecified atom stereocenters. The highest BCUT2D eigenvalue weighted by Crippen LogP contribution is 2.33. The second kappa shape index (κ2) is 8.94. The monoisotopic (exact) mass is 414 g/mol. The molecule has 2 amide bonds. The van der Waals surface area contributed by atoms with Crippen molar-refractivity contribution >= 4 is 17.5 Å². The summed E-state index contributed by atoms with van der Waals surface area (Å²) in [5.41, 5.74) is 1.10. The van der Waals surface area contributed by atoms with Gasteiger partial charge in [-0.05, 0) is 31.2 Å². The third-order valence-corrected chi connectivity index (χ3v) is 5.19. The van der Waals surface area contributed by atoms with Gasteiger partial charge in [0.25, 0.3) is 5.91 Å². The van der Waals surface area contributed by atoms with E-state index in [1.165, 1.54) is 14.2 Å². The highest BCUT2D eigenvalue weighted by atomic mass is 16.5. The molecule has 1 heterocycles. The van der Waals surface area contributed by atoms with Crippen molar-refractivity contribution in [2.45, 2.75) is 13.0 Å². The summed E-state index contributed by atoms with van der Waals surface area (Å²) in [5.74, 6) is 1.73. The van der Waals surface area contributed by atoms with Crippen molar-refractivity contribution < 1.29 is 28.5 Å². The average Bonchev–Trinajstić information content (AvgIpc) is 2.79. The lowest BCUT2D eigenvalue weighted by Gasteiger charge is -2.39. The van der Waals surface area contributed by atoms with Gasteiger partial charge in [-0.15, -0.1) is 0 Å². The molecule has 0 spiro atoms. The Balaban J connectivity index is 1.83. The van der Waals surface area contributed by atoms with Crippen molar-refractivity contribution in [3.8, 4) is 23.0 Å². The smallest absolute Gasteiger partial charge is 0.254 e. The van der Waals surface area contributed by atoms with Gasteiger partial charge in [-0.25, -0.2) is 0 Å². The van der Waals surface area contributed by atoms with Crippen LogP contribution in [0.1, 0.15) is 17.3 Å². The molecular formula is C22H26N2O6. The molecule has 1 aliphatic heterocycles. The van der Waals surface area contributed by atoms with Crippen LogP contribution in [0.3, 0.4) is 0 Å². The molecule has 1 aliphatic rings. The number of hydrogen-bond acceptors (Lipinski definition) is 6. The summed E-state index contributed by atoms with van der Waals surface area (Å²) < 4.78 is 21.1. The van der Waals surface area contributed by atoms with Gasteiger partial charge in [0.2, 0.25) is 5.91 Å². The summed E-state index contributed by atoms with van der Waals surface area (Å²) in [4.78, 5) is 29.4. The van der Waals surface area contributed by atoms with Crippen LogP contribution in [0.25, 0.3) is 0 Å². The number of carbonyl (C=O) groups is 2. The van der Waals surface area contributed by atoms with Crippen molar-refractivity contribution in [2.75, 3.05) is 46.4 Å². The molecule has 30 heavy (non-hydrogen) atoms. The second-order valence-corrected chi connectivity index (χ2v) is 6.81. The highest BCUT2D eigenvalue weighted by Gasteiger charge is 2.36. The number of benzene rings is 2. The second-order valence-electron chi connectivity index (χ2n) is 6.81. The van der Waals surface area contributed by atoms with Crippen molar-refractivity contribution in [3.63, 3.8) is 0 Å². The fourth-order valence-corrected chi connectivity index (χ4v) is 3.49. The van der Waals surface area contributed by atoms with Gasteiger partial charge < -0.3 is 28.7 Å². The molecule has 1 saturated heterocycles. The van der Waals surface area contributed by atoms with Crippen LogP contribution >= 0.6 is 0 Å². The normalized spacial score (nSPS) is 16.3. The summed E-state index contributed by atoms with van der Waals surface area (Å²) >= 11 is 0. The van der Waals surface area contributed by atoms with Crippen LogP contribution in [0.4, 0.5) is 5.69 Å². The fraction of sp³-hybridized carbons (Fsp3) is 0.364. The van der Waals surface area contributed by atoms with E-state index in [0.29, 0.717) is 47.3 Å². The van der Waals surface area contributed by atoms with E-state index in [9.17, 15) is 9.59 Å². The zero-order chi connectivity index (χ0) is 21.8. The molecule has 0 radical (unpaired) electrons. The number of anilines is 1. The van der Waals surface area contributed by atoms with Crippen LogP contribution in [-0.2, 0) is 4.79 Å². The molecule has 8 heteroatoms. The maximum atomic E-state index is 13.1. The molecular weight excluding hydrogens is 388 g/mol. The SMILES string of the molecule is COc1cc(OC)cc(C(=O)N2CCN(c3ccc(OC)c(OC)c3)C(=O)[C@@H]2C)c1. The van der Waals surface area contributed by atoms with Crippen LogP contribution in [0, 0.1) is 0 Å². The topological polar surface area (TPSA) is 77.5 Å². The van der Waals surface area contributed by atoms with E-state index in [1.54, 1.807) is 67.3 Å². The molecule has 3 rings (SSSR count). The lowest BCUT2D eigenvalue weighted by molar-refractivity contribution is -0.124. The van der Waals surface area contributed by atoms with Crippen LogP contribution in [0.2, 0.25) is 0 Å². The average molecular weight is 414 g/mol. The van der Waals surface area contributed by atoms with Gasteiger partial charge in [0.05, 0.1) is 28.4 Å². The summed E-state index contributed by atoms with van der Waals surface area (Å²) in [6, 6.07) is 9.67. The first-order valence-electron chi connectivity index (χ1n) is 9.51. The predicted octanol–water partition coefficient (Wildman–Crippen LogP) is 2.60. The summed E-state index contributed by atoms with van der Waals surface area (Å²) in [6.45, 7) is 2.48. The zero-order valence-corrected chi connectivity index (χ0v) is 17.8. The Morgan fingerprint density at radius 1 is 0.867 bits per heavy atom. The Labute approximate surface area is 175 Å². The number of carbonyl (C=O) groups excluding carboxylic acids is 2. The van der Waals surface area contributed by atoms with Gasteiger partial charge in [-0.2, -0.15) is 0 Å². The summed E-state index contributed by atoms with van der Waals surface area (Å²) in [5, 5.41) is 0. The first-order chi connectivity index (χ1) is 14.4. The quantitative estimate of drug-likeness (QED) is 0.723. The number of hydrogen-bond donors (Lipinski definition) is 0. The lowest BCUT2D eigenvalue weighted by Crippen LogP contribution is -2.57. The number of piperazine rings is 1. The number of amides is 2. The van der Waals surface area contributed by atoms with E-state index in [-0.39, 0.29) is 11.8 Å². The molecule has 0 bridgehead atoms. The molecule has 0 aliphatic carbocycles. The molecule has 0 N–H and O–H groups in total. The van der Waals surface area contributed by atoms with Crippen molar-refractivity contribution in [3.05, 3.63) is 42.0 Å². The molecule has 0 saturated carbocycles. The molecule has 8 nitrogen and oxygen atoms in total. The third kappa shape index (κ3) is 3.98. The van der Waals surface area contributed by atoms with E-state index < -0.39 is 6.04 Å². The van der Waals surface area contributed by atoms with Gasteiger partial charge in [-0.3, -0.25) is 9.59 Å². The van der Waals surface area contributed by atoms with Gasteiger partial charge in [-0.1, -0.05) is 0 Å². The minimum atomic E-state index is -0.628. The van der Waals surface area contributed by atoms with Gasteiger partial charge in [0.1, 0.15) is 17.5 Å². The lowest BCUT2D eigenvalue weighted by atomic mass is 10.1. The van der Waals surface area contributed by atoms with Gasteiger partial charge >= 0.3 is 0 Å². The number of nitrogens with zero attached hydrogens (tertiary/aromatic N) is 2. The molecule has 2 aromatic rings. The standard InChI is InChI=1S/C22H26N2O6/c1-14-21(25)24(16-6-7-19(29-4)20(12-16)30-5)9-8-23(14)22(26)15-10-17(27-2)13-18(11-15)28-3/h6-7,10-14H,8-9H2,1-5H3/t14-/m0/s1. The predicted molar refractivity (Wildman–Crippen MR) is 112 cm³/mol. The largest absolute Gasteiger partial charge is 0.497 e. The first kappa shape index (κ1) is 21.3. The minimum absolute atomic E-state index is 0.170. The Hall–Kier alpha value is -3.42. The van der Waals surface area contributed by atoms with Gasteiger partial charge in [0, 0.05) is 36.5 Å². The van der Waals surface area contributed by atoms with Crippen molar-refractivity contribution in [2.24, 2.45) is 0 Å². The maximum absolute atomic E-state index is 13.1. The van der Waals surface area contributed by atoms with Crippen molar-refractivity contribution in [1.82, 2.24) is 4.90 Å². The van der Waals surface area contributed by atoms with Crippen LogP contribution < -0.4 is 23.8 Å². The summed E-state index contributed by atoms with van der Waals surface area (Å²) in [7, 11) is 6.15. The minimum Gasteiger partial charge on any atom is -0.497 e. The molecule has 160 valence electrons. The molecule has 2 aromatic carbocycles. The van der Waals surface area contributed by atoms with E-state index in [0.717, 1.165) is 0 Å². The van der Waals surface area contributed by atoms with Crippen LogP contribution in [-0.4, -0.2) is 64.3 Å². The highest BCUT2D eigenvalue weighted by molar-refractivity contribution is 6.03. The molecule has 1 fully saturated rings. The van der Waals surface area contributed by atoms with Gasteiger partial charge in [0.15, 0.2) is 11.5 Å². The van der Waals surface area contributed by atoms with E-state index >= 15 is 0 Å². The Bertz CT molecular complexity index is 923. The number of methoxy groups -OCH3 is 4.